The van der Waals surface area contributed by atoms with E-state index in [9.17, 15) is 0 Å². The van der Waals surface area contributed by atoms with E-state index >= 15 is 0 Å². The molecule has 0 saturated carbocycles. The van der Waals surface area contributed by atoms with Crippen molar-refractivity contribution in [1.29, 1.82) is 0 Å². The molecule has 1 aromatic heterocycles. The molecule has 3 heteroatoms. The Labute approximate surface area is 125 Å². The van der Waals surface area contributed by atoms with Crippen LogP contribution in [0.25, 0.3) is 0 Å². The van der Waals surface area contributed by atoms with Gasteiger partial charge >= 0.3 is 0 Å². The van der Waals surface area contributed by atoms with E-state index in [0.29, 0.717) is 6.04 Å². The largest absolute Gasteiger partial charge is 0.310 e. The first-order valence-corrected chi connectivity index (χ1v) is 8.85. The molecule has 1 rings (SSSR count). The van der Waals surface area contributed by atoms with Crippen LogP contribution >= 0.6 is 27.3 Å². The van der Waals surface area contributed by atoms with Crippen LogP contribution in [0.3, 0.4) is 0 Å². The summed E-state index contributed by atoms with van der Waals surface area (Å²) in [5.74, 6) is 0.854. The summed E-state index contributed by atoms with van der Waals surface area (Å²) in [6, 6.07) is 2.80. The zero-order chi connectivity index (χ0) is 13.4. The molecule has 0 aliphatic heterocycles. The summed E-state index contributed by atoms with van der Waals surface area (Å²) in [5.41, 5.74) is 1.45. The minimum Gasteiger partial charge on any atom is -0.310 e. The van der Waals surface area contributed by atoms with E-state index in [1.807, 2.05) is 0 Å². The fourth-order valence-electron chi connectivity index (χ4n) is 2.40. The van der Waals surface area contributed by atoms with Crippen LogP contribution < -0.4 is 5.32 Å². The normalized spacial score (nSPS) is 14.7. The highest BCUT2D eigenvalue weighted by Crippen LogP contribution is 2.31. The van der Waals surface area contributed by atoms with Gasteiger partial charge in [0.2, 0.25) is 0 Å². The number of hydrogen-bond donors (Lipinski definition) is 1. The number of nitrogens with one attached hydrogen (secondary N) is 1. The molecule has 0 aliphatic carbocycles. The zero-order valence-corrected chi connectivity index (χ0v) is 14.2. The van der Waals surface area contributed by atoms with Gasteiger partial charge < -0.3 is 5.32 Å². The van der Waals surface area contributed by atoms with E-state index in [4.69, 9.17) is 0 Å². The molecule has 1 N–H and O–H groups in total. The Balaban J connectivity index is 2.60. The highest BCUT2D eigenvalue weighted by atomic mass is 79.9. The Morgan fingerprint density at radius 3 is 2.61 bits per heavy atom. The van der Waals surface area contributed by atoms with Crippen LogP contribution in [-0.2, 0) is 0 Å². The Morgan fingerprint density at radius 1 is 1.33 bits per heavy atom. The highest BCUT2D eigenvalue weighted by Gasteiger charge is 2.17. The van der Waals surface area contributed by atoms with Gasteiger partial charge in [0.1, 0.15) is 0 Å². The third-order valence-corrected chi connectivity index (χ3v) is 5.08. The fourth-order valence-corrected chi connectivity index (χ4v) is 3.63. The molecule has 18 heavy (non-hydrogen) atoms. The predicted molar refractivity (Wildman–Crippen MR) is 86.4 cm³/mol. The standard InChI is InChI=1S/C15H26BrNS/c1-4-7-8-12(5-2)9-14(17-6-3)13-10-15(16)18-11-13/h10-12,14,17H,4-9H2,1-3H3. The van der Waals surface area contributed by atoms with Crippen molar-refractivity contribution in [2.24, 2.45) is 5.92 Å². The molecule has 0 spiro atoms. The molecule has 1 aromatic rings. The lowest BCUT2D eigenvalue weighted by molar-refractivity contribution is 0.357. The van der Waals surface area contributed by atoms with Crippen LogP contribution in [0.2, 0.25) is 0 Å². The maximum absolute atomic E-state index is 3.64. The van der Waals surface area contributed by atoms with E-state index in [2.05, 4.69) is 53.5 Å². The topological polar surface area (TPSA) is 12.0 Å². The minimum absolute atomic E-state index is 0.527. The highest BCUT2D eigenvalue weighted by molar-refractivity contribution is 9.11. The first-order valence-electron chi connectivity index (χ1n) is 7.18. The van der Waals surface area contributed by atoms with E-state index < -0.39 is 0 Å². The van der Waals surface area contributed by atoms with E-state index in [0.717, 1.165) is 12.5 Å². The van der Waals surface area contributed by atoms with Gasteiger partial charge in [-0.3, -0.25) is 0 Å². The summed E-state index contributed by atoms with van der Waals surface area (Å²) < 4.78 is 1.24. The van der Waals surface area contributed by atoms with Crippen molar-refractivity contribution in [3.05, 3.63) is 20.8 Å². The van der Waals surface area contributed by atoms with E-state index in [-0.39, 0.29) is 0 Å². The maximum Gasteiger partial charge on any atom is 0.0701 e. The Bertz CT molecular complexity index is 324. The van der Waals surface area contributed by atoms with Crippen molar-refractivity contribution in [1.82, 2.24) is 5.32 Å². The number of thiophene rings is 1. The lowest BCUT2D eigenvalue weighted by Crippen LogP contribution is -2.23. The molecular formula is C15H26BrNS. The average molecular weight is 332 g/mol. The molecule has 2 atom stereocenters. The number of hydrogen-bond acceptors (Lipinski definition) is 2. The molecule has 0 aromatic carbocycles. The van der Waals surface area contributed by atoms with E-state index in [1.54, 1.807) is 11.3 Å². The van der Waals surface area contributed by atoms with Gasteiger partial charge in [-0.15, -0.1) is 11.3 Å². The molecule has 0 radical (unpaired) electrons. The van der Waals surface area contributed by atoms with Gasteiger partial charge in [-0.2, -0.15) is 0 Å². The van der Waals surface area contributed by atoms with Crippen molar-refractivity contribution in [3.63, 3.8) is 0 Å². The molecule has 0 aliphatic rings. The molecule has 1 heterocycles. The van der Waals surface area contributed by atoms with Crippen LogP contribution in [-0.4, -0.2) is 6.54 Å². The summed E-state index contributed by atoms with van der Waals surface area (Å²) in [4.78, 5) is 0. The van der Waals surface area contributed by atoms with Gasteiger partial charge in [-0.1, -0.05) is 46.5 Å². The number of rotatable bonds is 9. The number of unbranched alkanes of at least 4 members (excludes halogenated alkanes) is 1. The van der Waals surface area contributed by atoms with E-state index in [1.165, 1.54) is 41.5 Å². The second-order valence-corrected chi connectivity index (χ2v) is 7.24. The Morgan fingerprint density at radius 2 is 2.11 bits per heavy atom. The first-order chi connectivity index (χ1) is 8.71. The SMILES string of the molecule is CCCCC(CC)CC(NCC)c1csc(Br)c1. The predicted octanol–water partition coefficient (Wildman–Crippen LogP) is 5.77. The minimum atomic E-state index is 0.527. The van der Waals surface area contributed by atoms with Crippen molar-refractivity contribution < 1.29 is 0 Å². The third-order valence-electron chi connectivity index (χ3n) is 3.55. The summed E-state index contributed by atoms with van der Waals surface area (Å²) in [7, 11) is 0. The Kier molecular flexibility index (Phi) is 8.20. The monoisotopic (exact) mass is 331 g/mol. The third kappa shape index (κ3) is 5.41. The second kappa shape index (κ2) is 9.11. The van der Waals surface area contributed by atoms with Crippen molar-refractivity contribution >= 4 is 27.3 Å². The van der Waals surface area contributed by atoms with Gasteiger partial charge in [-0.05, 0) is 51.8 Å². The first kappa shape index (κ1) is 16.2. The molecule has 1 nitrogen and oxygen atoms in total. The van der Waals surface area contributed by atoms with Gasteiger partial charge in [0.15, 0.2) is 0 Å². The van der Waals surface area contributed by atoms with Crippen molar-refractivity contribution in [2.45, 2.75) is 58.9 Å². The van der Waals surface area contributed by atoms with Gasteiger partial charge in [-0.25, -0.2) is 0 Å². The molecule has 104 valence electrons. The molecule has 0 bridgehead atoms. The fraction of sp³-hybridized carbons (Fsp3) is 0.733. The molecule has 0 amide bonds. The van der Waals surface area contributed by atoms with Crippen LogP contribution in [0.1, 0.15) is 64.5 Å². The van der Waals surface area contributed by atoms with Gasteiger partial charge in [0.05, 0.1) is 3.79 Å². The summed E-state index contributed by atoms with van der Waals surface area (Å²) in [6.07, 6.45) is 6.62. The molecule has 0 fully saturated rings. The quantitative estimate of drug-likeness (QED) is 0.605. The van der Waals surface area contributed by atoms with Gasteiger partial charge in [0.25, 0.3) is 0 Å². The van der Waals surface area contributed by atoms with Crippen LogP contribution in [0, 0.1) is 5.92 Å². The summed E-state index contributed by atoms with van der Waals surface area (Å²) in [5, 5.41) is 5.92. The van der Waals surface area contributed by atoms with Gasteiger partial charge in [0, 0.05) is 6.04 Å². The van der Waals surface area contributed by atoms with Crippen LogP contribution in [0.15, 0.2) is 15.2 Å². The van der Waals surface area contributed by atoms with Crippen LogP contribution in [0.5, 0.6) is 0 Å². The Hall–Kier alpha value is 0.140. The molecule has 2 unspecified atom stereocenters. The number of halogens is 1. The average Bonchev–Trinajstić information content (AvgIpc) is 2.80. The smallest absolute Gasteiger partial charge is 0.0701 e. The lowest BCUT2D eigenvalue weighted by atomic mass is 9.90. The molecular weight excluding hydrogens is 306 g/mol. The van der Waals surface area contributed by atoms with Crippen LogP contribution in [0.4, 0.5) is 0 Å². The maximum atomic E-state index is 3.64. The van der Waals surface area contributed by atoms with Crippen molar-refractivity contribution in [3.8, 4) is 0 Å². The molecule has 0 saturated heterocycles. The lowest BCUT2D eigenvalue weighted by Gasteiger charge is -2.23. The summed E-state index contributed by atoms with van der Waals surface area (Å²) in [6.45, 7) is 7.85. The summed E-state index contributed by atoms with van der Waals surface area (Å²) >= 11 is 5.36. The van der Waals surface area contributed by atoms with Crippen molar-refractivity contribution in [2.75, 3.05) is 6.54 Å². The zero-order valence-electron chi connectivity index (χ0n) is 11.8. The second-order valence-electron chi connectivity index (χ2n) is 4.95.